The molecule has 0 radical (unpaired) electrons. The molecular formula is C17H18N2O2. The van der Waals surface area contributed by atoms with Gasteiger partial charge in [0.1, 0.15) is 5.75 Å². The number of benzene rings is 2. The Bertz CT molecular complexity index is 664. The smallest absolute Gasteiger partial charge is 0.275 e. The predicted octanol–water partition coefficient (Wildman–Crippen LogP) is 3.05. The predicted molar refractivity (Wildman–Crippen MR) is 83.6 cm³/mol. The Morgan fingerprint density at radius 2 is 1.86 bits per heavy atom. The van der Waals surface area contributed by atoms with Gasteiger partial charge in [-0.05, 0) is 31.0 Å². The summed E-state index contributed by atoms with van der Waals surface area (Å²) in [7, 11) is 0. The molecule has 0 fully saturated rings. The maximum absolute atomic E-state index is 12.0. The number of hydrogen-bond acceptors (Lipinski definition) is 3. The summed E-state index contributed by atoms with van der Waals surface area (Å²) in [5.74, 6) is -0.422. The molecule has 0 saturated carbocycles. The van der Waals surface area contributed by atoms with Gasteiger partial charge >= 0.3 is 0 Å². The van der Waals surface area contributed by atoms with Gasteiger partial charge in [0.15, 0.2) is 0 Å². The number of phenols is 1. The Hall–Kier alpha value is -2.62. The lowest BCUT2D eigenvalue weighted by Crippen LogP contribution is -2.19. The summed E-state index contributed by atoms with van der Waals surface area (Å²) in [5, 5.41) is 13.9. The normalized spacial score (nSPS) is 11.2. The second-order valence-electron chi connectivity index (χ2n) is 4.92. The van der Waals surface area contributed by atoms with Crippen molar-refractivity contribution < 1.29 is 9.90 Å². The third-order valence-electron chi connectivity index (χ3n) is 3.13. The maximum atomic E-state index is 12.0. The van der Waals surface area contributed by atoms with Crippen molar-refractivity contribution in [1.82, 2.24) is 5.43 Å². The summed E-state index contributed by atoms with van der Waals surface area (Å²) in [6.07, 6.45) is 0.668. The fraction of sp³-hybridized carbons (Fsp3) is 0.176. The van der Waals surface area contributed by atoms with E-state index in [1.165, 1.54) is 0 Å². The molecule has 0 aliphatic carbocycles. The highest BCUT2D eigenvalue weighted by Crippen LogP contribution is 2.20. The van der Waals surface area contributed by atoms with Gasteiger partial charge in [-0.3, -0.25) is 4.79 Å². The van der Waals surface area contributed by atoms with E-state index >= 15 is 0 Å². The van der Waals surface area contributed by atoms with E-state index in [0.29, 0.717) is 12.0 Å². The number of aromatic hydroxyl groups is 1. The zero-order valence-corrected chi connectivity index (χ0v) is 12.1. The van der Waals surface area contributed by atoms with Crippen LogP contribution in [0.2, 0.25) is 0 Å². The highest BCUT2D eigenvalue weighted by molar-refractivity contribution is 5.98. The van der Waals surface area contributed by atoms with Crippen LogP contribution in [0.5, 0.6) is 5.75 Å². The van der Waals surface area contributed by atoms with Crippen LogP contribution in [0, 0.1) is 6.92 Å². The number of nitrogens with zero attached hydrogens (tertiary/aromatic N) is 1. The lowest BCUT2D eigenvalue weighted by atomic mass is 10.1. The first-order chi connectivity index (χ1) is 10.1. The molecule has 0 spiro atoms. The Labute approximate surface area is 124 Å². The van der Waals surface area contributed by atoms with Gasteiger partial charge in [0.2, 0.25) is 0 Å². The van der Waals surface area contributed by atoms with Crippen LogP contribution in [0.15, 0.2) is 53.6 Å². The van der Waals surface area contributed by atoms with Crippen LogP contribution in [0.4, 0.5) is 0 Å². The molecule has 0 aliphatic heterocycles. The Morgan fingerprint density at radius 1 is 1.14 bits per heavy atom. The average Bonchev–Trinajstić information content (AvgIpc) is 2.48. The molecule has 1 amide bonds. The van der Waals surface area contributed by atoms with Gasteiger partial charge in [-0.15, -0.1) is 0 Å². The molecule has 2 rings (SSSR count). The third-order valence-corrected chi connectivity index (χ3v) is 3.13. The van der Waals surface area contributed by atoms with Crippen molar-refractivity contribution in [3.63, 3.8) is 0 Å². The summed E-state index contributed by atoms with van der Waals surface area (Å²) in [6.45, 7) is 3.60. The van der Waals surface area contributed by atoms with Crippen molar-refractivity contribution in [3.8, 4) is 5.75 Å². The van der Waals surface area contributed by atoms with Crippen LogP contribution in [0.3, 0.4) is 0 Å². The number of phenolic OH excluding ortho intramolecular Hbond substituents is 1. The van der Waals surface area contributed by atoms with Gasteiger partial charge < -0.3 is 5.11 Å². The molecule has 0 unspecified atom stereocenters. The molecule has 0 heterocycles. The molecule has 2 N–H and O–H groups in total. The van der Waals surface area contributed by atoms with Crippen LogP contribution in [0.1, 0.15) is 28.4 Å². The molecule has 2 aromatic rings. The largest absolute Gasteiger partial charge is 0.507 e. The topological polar surface area (TPSA) is 61.7 Å². The molecule has 2 aromatic carbocycles. The van der Waals surface area contributed by atoms with E-state index in [-0.39, 0.29) is 11.3 Å². The van der Waals surface area contributed by atoms with Crippen molar-refractivity contribution >= 4 is 11.6 Å². The van der Waals surface area contributed by atoms with Gasteiger partial charge in [0.05, 0.1) is 5.56 Å². The second-order valence-corrected chi connectivity index (χ2v) is 4.92. The Balaban J connectivity index is 2.03. The van der Waals surface area contributed by atoms with Crippen LogP contribution in [-0.2, 0) is 6.42 Å². The Morgan fingerprint density at radius 3 is 2.57 bits per heavy atom. The minimum Gasteiger partial charge on any atom is -0.507 e. The van der Waals surface area contributed by atoms with Gasteiger partial charge in [0.25, 0.3) is 5.91 Å². The number of amides is 1. The molecule has 0 saturated heterocycles. The number of carbonyl (C=O) groups is 1. The number of hydrogen-bond donors (Lipinski definition) is 2. The minimum atomic E-state index is -0.413. The van der Waals surface area contributed by atoms with Crippen LogP contribution >= 0.6 is 0 Å². The number of rotatable bonds is 4. The second kappa shape index (κ2) is 6.70. The molecule has 0 atom stereocenters. The molecule has 0 aromatic heterocycles. The molecule has 4 nitrogen and oxygen atoms in total. The molecule has 21 heavy (non-hydrogen) atoms. The van der Waals surface area contributed by atoms with Crippen molar-refractivity contribution in [2.45, 2.75) is 20.3 Å². The van der Waals surface area contributed by atoms with E-state index in [0.717, 1.165) is 11.3 Å². The monoisotopic (exact) mass is 282 g/mol. The fourth-order valence-corrected chi connectivity index (χ4v) is 1.98. The van der Waals surface area contributed by atoms with Gasteiger partial charge in [-0.25, -0.2) is 5.43 Å². The first kappa shape index (κ1) is 14.8. The first-order valence-corrected chi connectivity index (χ1v) is 6.74. The summed E-state index contributed by atoms with van der Waals surface area (Å²) in [6, 6.07) is 14.9. The van der Waals surface area contributed by atoms with Crippen LogP contribution < -0.4 is 5.43 Å². The zero-order chi connectivity index (χ0) is 15.2. The fourth-order valence-electron chi connectivity index (χ4n) is 1.98. The SMILES string of the molecule is C/C(Cc1ccccc1)=N\NC(=O)c1cccc(C)c1O. The highest BCUT2D eigenvalue weighted by Gasteiger charge is 2.11. The van der Waals surface area contributed by atoms with E-state index in [9.17, 15) is 9.90 Å². The van der Waals surface area contributed by atoms with Gasteiger partial charge in [-0.1, -0.05) is 42.5 Å². The van der Waals surface area contributed by atoms with E-state index in [1.807, 2.05) is 37.3 Å². The third kappa shape index (κ3) is 3.92. The van der Waals surface area contributed by atoms with Crippen LogP contribution in [-0.4, -0.2) is 16.7 Å². The number of para-hydroxylation sites is 1. The Kier molecular flexibility index (Phi) is 4.72. The molecule has 4 heteroatoms. The van der Waals surface area contributed by atoms with Gasteiger partial charge in [-0.2, -0.15) is 5.10 Å². The maximum Gasteiger partial charge on any atom is 0.275 e. The number of carbonyl (C=O) groups excluding carboxylic acids is 1. The van der Waals surface area contributed by atoms with Gasteiger partial charge in [0, 0.05) is 12.1 Å². The molecule has 0 bridgehead atoms. The van der Waals surface area contributed by atoms with E-state index in [1.54, 1.807) is 25.1 Å². The van der Waals surface area contributed by atoms with Crippen molar-refractivity contribution in [2.75, 3.05) is 0 Å². The van der Waals surface area contributed by atoms with Crippen molar-refractivity contribution in [3.05, 3.63) is 65.2 Å². The molecule has 0 aliphatic rings. The minimum absolute atomic E-state index is 0.00841. The summed E-state index contributed by atoms with van der Waals surface area (Å²) >= 11 is 0. The number of nitrogens with one attached hydrogen (secondary N) is 1. The quantitative estimate of drug-likeness (QED) is 0.669. The number of aryl methyl sites for hydroxylation is 1. The van der Waals surface area contributed by atoms with E-state index in [2.05, 4.69) is 10.5 Å². The molecular weight excluding hydrogens is 264 g/mol. The highest BCUT2D eigenvalue weighted by atomic mass is 16.3. The average molecular weight is 282 g/mol. The summed E-state index contributed by atoms with van der Waals surface area (Å²) < 4.78 is 0. The standard InChI is InChI=1S/C17H18N2O2/c1-12-7-6-10-15(16(12)20)17(21)19-18-13(2)11-14-8-4-3-5-9-14/h3-10,20H,11H2,1-2H3,(H,19,21)/b18-13+. The van der Waals surface area contributed by atoms with Crippen molar-refractivity contribution in [2.24, 2.45) is 5.10 Å². The van der Waals surface area contributed by atoms with E-state index in [4.69, 9.17) is 0 Å². The van der Waals surface area contributed by atoms with E-state index < -0.39 is 5.91 Å². The number of hydrazone groups is 1. The van der Waals surface area contributed by atoms with Crippen molar-refractivity contribution in [1.29, 1.82) is 0 Å². The van der Waals surface area contributed by atoms with Crippen LogP contribution in [0.25, 0.3) is 0 Å². The zero-order valence-electron chi connectivity index (χ0n) is 12.1. The lowest BCUT2D eigenvalue weighted by Gasteiger charge is -2.06. The lowest BCUT2D eigenvalue weighted by molar-refractivity contribution is 0.0952. The summed E-state index contributed by atoms with van der Waals surface area (Å²) in [4.78, 5) is 12.0. The molecule has 108 valence electrons. The summed E-state index contributed by atoms with van der Waals surface area (Å²) in [5.41, 5.74) is 5.29. The first-order valence-electron chi connectivity index (χ1n) is 6.74.